The first-order chi connectivity index (χ1) is 12.2. The molecule has 1 unspecified atom stereocenters. The van der Waals surface area contributed by atoms with Crippen LogP contribution in [-0.4, -0.2) is 62.5 Å². The van der Waals surface area contributed by atoms with Crippen LogP contribution in [0, 0.1) is 13.8 Å². The molecular weight excluding hydrogens is 481 g/mol. The molecule has 0 radical (unpaired) electrons. The topological polar surface area (TPSA) is 97.6 Å². The molecule has 0 aliphatic carbocycles. The fourth-order valence-corrected chi connectivity index (χ4v) is 3.31. The zero-order valence-electron chi connectivity index (χ0n) is 17.2. The number of guanidine groups is 1. The van der Waals surface area contributed by atoms with Crippen LogP contribution >= 0.6 is 24.0 Å². The number of nitrogens with one attached hydrogen (secondary N) is 2. The van der Waals surface area contributed by atoms with Crippen LogP contribution in [-0.2, 0) is 27.7 Å². The number of hydrogen-bond donors (Lipinski definition) is 2. The monoisotopic (exact) mass is 515 g/mol. The fraction of sp³-hybridized carbons (Fsp3) is 0.765. The Morgan fingerprint density at radius 3 is 2.59 bits per heavy atom. The molecule has 0 saturated carbocycles. The van der Waals surface area contributed by atoms with Crippen LogP contribution < -0.4 is 10.6 Å². The van der Waals surface area contributed by atoms with Gasteiger partial charge in [0.1, 0.15) is 9.84 Å². The highest BCUT2D eigenvalue weighted by Gasteiger charge is 2.13. The van der Waals surface area contributed by atoms with Crippen LogP contribution in [0.1, 0.15) is 37.2 Å². The van der Waals surface area contributed by atoms with E-state index < -0.39 is 9.84 Å². The zero-order chi connectivity index (χ0) is 19.7. The van der Waals surface area contributed by atoms with E-state index in [1.165, 1.54) is 6.26 Å². The van der Waals surface area contributed by atoms with E-state index in [1.54, 1.807) is 7.11 Å². The van der Waals surface area contributed by atoms with Crippen molar-refractivity contribution < 1.29 is 13.2 Å². The number of aliphatic imine (C=N–C) groups is 1. The Hall–Kier alpha value is -0.880. The summed E-state index contributed by atoms with van der Waals surface area (Å²) in [5.41, 5.74) is 3.15. The summed E-state index contributed by atoms with van der Waals surface area (Å²) in [6.07, 6.45) is 1.79. The predicted molar refractivity (Wildman–Crippen MR) is 121 cm³/mol. The average Bonchev–Trinajstić information content (AvgIpc) is 2.82. The SMILES string of the molecule is CCNC(=NCc1c(C)nn(CCOC)c1C)NC(C)CCS(C)(=O)=O.I. The van der Waals surface area contributed by atoms with Crippen molar-refractivity contribution in [1.29, 1.82) is 0 Å². The first kappa shape index (κ1) is 26.1. The highest BCUT2D eigenvalue weighted by atomic mass is 127. The number of rotatable bonds is 10. The average molecular weight is 515 g/mol. The molecule has 1 heterocycles. The Labute approximate surface area is 180 Å². The lowest BCUT2D eigenvalue weighted by Gasteiger charge is -2.17. The Morgan fingerprint density at radius 1 is 1.37 bits per heavy atom. The second-order valence-electron chi connectivity index (χ2n) is 6.52. The maximum atomic E-state index is 11.3. The molecule has 10 heteroatoms. The van der Waals surface area contributed by atoms with E-state index in [-0.39, 0.29) is 35.8 Å². The third kappa shape index (κ3) is 9.74. The number of ether oxygens (including phenoxy) is 1. The normalized spacial score (nSPS) is 13.2. The molecule has 1 aromatic rings. The maximum absolute atomic E-state index is 11.3. The van der Waals surface area contributed by atoms with Crippen molar-refractivity contribution in [3.8, 4) is 0 Å². The zero-order valence-corrected chi connectivity index (χ0v) is 20.3. The third-order valence-corrected chi connectivity index (χ3v) is 5.06. The molecule has 0 aliphatic rings. The van der Waals surface area contributed by atoms with Gasteiger partial charge in [0.2, 0.25) is 0 Å². The maximum Gasteiger partial charge on any atom is 0.191 e. The fourth-order valence-electron chi connectivity index (χ4n) is 2.53. The molecule has 1 aromatic heterocycles. The van der Waals surface area contributed by atoms with Gasteiger partial charge in [0.15, 0.2) is 5.96 Å². The van der Waals surface area contributed by atoms with Crippen LogP contribution in [0.25, 0.3) is 0 Å². The van der Waals surface area contributed by atoms with Gasteiger partial charge in [-0.25, -0.2) is 13.4 Å². The molecule has 158 valence electrons. The number of hydrogen-bond acceptors (Lipinski definition) is 5. The Balaban J connectivity index is 0.00000676. The van der Waals surface area contributed by atoms with Gasteiger partial charge < -0.3 is 15.4 Å². The number of sulfone groups is 1. The standard InChI is InChI=1S/C17H33N5O3S.HI/c1-7-18-17(20-13(2)8-11-26(6,23)24)19-12-16-14(3)21-22(15(16)4)9-10-25-5;/h13H,7-12H2,1-6H3,(H2,18,19,20);1H. The Morgan fingerprint density at radius 2 is 2.04 bits per heavy atom. The third-order valence-electron chi connectivity index (χ3n) is 4.08. The van der Waals surface area contributed by atoms with Gasteiger partial charge in [-0.1, -0.05) is 0 Å². The molecule has 0 aromatic carbocycles. The molecule has 1 rings (SSSR count). The lowest BCUT2D eigenvalue weighted by Crippen LogP contribution is -2.42. The summed E-state index contributed by atoms with van der Waals surface area (Å²) in [6.45, 7) is 10.6. The second-order valence-corrected chi connectivity index (χ2v) is 8.78. The molecule has 1 atom stereocenters. The quantitative estimate of drug-likeness (QED) is 0.280. The molecule has 2 N–H and O–H groups in total. The molecule has 8 nitrogen and oxygen atoms in total. The highest BCUT2D eigenvalue weighted by Crippen LogP contribution is 2.14. The summed E-state index contributed by atoms with van der Waals surface area (Å²) in [5.74, 6) is 0.836. The van der Waals surface area contributed by atoms with Crippen molar-refractivity contribution in [1.82, 2.24) is 20.4 Å². The minimum atomic E-state index is -2.96. The largest absolute Gasteiger partial charge is 0.383 e. The van der Waals surface area contributed by atoms with Crippen molar-refractivity contribution in [2.75, 3.05) is 32.3 Å². The van der Waals surface area contributed by atoms with E-state index in [0.29, 0.717) is 32.1 Å². The predicted octanol–water partition coefficient (Wildman–Crippen LogP) is 1.64. The van der Waals surface area contributed by atoms with E-state index in [2.05, 4.69) is 20.7 Å². The number of halogens is 1. The van der Waals surface area contributed by atoms with Crippen LogP contribution in [0.3, 0.4) is 0 Å². The molecule has 0 fully saturated rings. The van der Waals surface area contributed by atoms with Crippen LogP contribution in [0.4, 0.5) is 0 Å². The Bertz CT molecular complexity index is 704. The number of aryl methyl sites for hydroxylation is 1. The number of aromatic nitrogens is 2. The van der Waals surface area contributed by atoms with Gasteiger partial charge in [-0.3, -0.25) is 4.68 Å². The van der Waals surface area contributed by atoms with Gasteiger partial charge in [-0.05, 0) is 34.1 Å². The molecule has 0 aliphatic heterocycles. The molecule has 0 bridgehead atoms. The molecular formula is C17H34IN5O3S. The van der Waals surface area contributed by atoms with Crippen molar-refractivity contribution >= 4 is 39.8 Å². The lowest BCUT2D eigenvalue weighted by molar-refractivity contribution is 0.182. The van der Waals surface area contributed by atoms with Crippen LogP contribution in [0.15, 0.2) is 4.99 Å². The number of nitrogens with zero attached hydrogens (tertiary/aromatic N) is 3. The molecule has 0 spiro atoms. The summed E-state index contributed by atoms with van der Waals surface area (Å²) < 4.78 is 29.7. The first-order valence-electron chi connectivity index (χ1n) is 8.92. The van der Waals surface area contributed by atoms with Crippen molar-refractivity contribution in [3.05, 3.63) is 17.0 Å². The lowest BCUT2D eigenvalue weighted by atomic mass is 10.2. The summed E-state index contributed by atoms with van der Waals surface area (Å²) in [5, 5.41) is 11.0. The minimum absolute atomic E-state index is 0. The van der Waals surface area contributed by atoms with E-state index in [9.17, 15) is 8.42 Å². The van der Waals surface area contributed by atoms with E-state index >= 15 is 0 Å². The summed E-state index contributed by atoms with van der Waals surface area (Å²) >= 11 is 0. The van der Waals surface area contributed by atoms with Crippen molar-refractivity contribution in [2.45, 2.75) is 53.2 Å². The van der Waals surface area contributed by atoms with Crippen molar-refractivity contribution in [3.63, 3.8) is 0 Å². The first-order valence-corrected chi connectivity index (χ1v) is 11.0. The molecule has 0 saturated heterocycles. The van der Waals surface area contributed by atoms with E-state index in [1.807, 2.05) is 32.4 Å². The number of methoxy groups -OCH3 is 1. The van der Waals surface area contributed by atoms with Crippen LogP contribution in [0.5, 0.6) is 0 Å². The highest BCUT2D eigenvalue weighted by molar-refractivity contribution is 14.0. The summed E-state index contributed by atoms with van der Waals surface area (Å²) in [6, 6.07) is 0.00847. The van der Waals surface area contributed by atoms with Gasteiger partial charge in [-0.15, -0.1) is 24.0 Å². The second kappa shape index (κ2) is 12.6. The van der Waals surface area contributed by atoms with E-state index in [4.69, 9.17) is 4.74 Å². The Kier molecular flexibility index (Phi) is 12.1. The smallest absolute Gasteiger partial charge is 0.191 e. The van der Waals surface area contributed by atoms with Gasteiger partial charge in [0, 0.05) is 37.2 Å². The van der Waals surface area contributed by atoms with Gasteiger partial charge in [0.05, 0.1) is 31.1 Å². The molecule has 0 amide bonds. The molecule has 27 heavy (non-hydrogen) atoms. The van der Waals surface area contributed by atoms with Crippen LogP contribution in [0.2, 0.25) is 0 Å². The minimum Gasteiger partial charge on any atom is -0.383 e. The van der Waals surface area contributed by atoms with Gasteiger partial charge in [-0.2, -0.15) is 5.10 Å². The van der Waals surface area contributed by atoms with E-state index in [0.717, 1.165) is 23.5 Å². The van der Waals surface area contributed by atoms with Gasteiger partial charge in [0.25, 0.3) is 0 Å². The van der Waals surface area contributed by atoms with Crippen molar-refractivity contribution in [2.24, 2.45) is 4.99 Å². The van der Waals surface area contributed by atoms with Gasteiger partial charge >= 0.3 is 0 Å². The summed E-state index contributed by atoms with van der Waals surface area (Å²) in [4.78, 5) is 4.64. The summed E-state index contributed by atoms with van der Waals surface area (Å²) in [7, 11) is -1.28.